The fourth-order valence-corrected chi connectivity index (χ4v) is 3.17. The first-order chi connectivity index (χ1) is 8.85. The molecule has 106 valence electrons. The number of benzene rings is 1. The van der Waals surface area contributed by atoms with E-state index >= 15 is 0 Å². The van der Waals surface area contributed by atoms with Gasteiger partial charge in [0.25, 0.3) is 0 Å². The van der Waals surface area contributed by atoms with Gasteiger partial charge in [-0.15, -0.1) is 0 Å². The fourth-order valence-electron chi connectivity index (χ4n) is 2.49. The predicted octanol–water partition coefficient (Wildman–Crippen LogP) is 2.48. The van der Waals surface area contributed by atoms with E-state index in [1.807, 2.05) is 0 Å². The zero-order valence-corrected chi connectivity index (χ0v) is 13.7. The summed E-state index contributed by atoms with van der Waals surface area (Å²) in [5.74, 6) is 0. The Labute approximate surface area is 124 Å². The molecular formula is C15H24BrN3. The molecule has 0 bridgehead atoms. The molecule has 0 unspecified atom stereocenters. The van der Waals surface area contributed by atoms with Crippen molar-refractivity contribution >= 4 is 21.6 Å². The topological polar surface area (TPSA) is 32.5 Å². The molecule has 0 saturated carbocycles. The Hall–Kier alpha value is -0.580. The summed E-state index contributed by atoms with van der Waals surface area (Å²) in [5.41, 5.74) is 8.51. The molecule has 2 rings (SSSR count). The minimum atomic E-state index is -0.158. The standard InChI is InChI=1S/C15H24BrN3/c1-15(2,17)11-12-4-5-14(13(16)10-12)19-8-6-18(3)7-9-19/h4-5,10H,6-9,11,17H2,1-3H3. The molecule has 1 heterocycles. The highest BCUT2D eigenvalue weighted by Crippen LogP contribution is 2.29. The normalized spacial score (nSPS) is 17.8. The second-order valence-electron chi connectivity index (χ2n) is 6.24. The average molecular weight is 326 g/mol. The van der Waals surface area contributed by atoms with Crippen LogP contribution in [0.1, 0.15) is 19.4 Å². The Balaban J connectivity index is 2.11. The number of piperazine rings is 1. The quantitative estimate of drug-likeness (QED) is 0.926. The summed E-state index contributed by atoms with van der Waals surface area (Å²) in [6, 6.07) is 6.63. The van der Waals surface area contributed by atoms with Crippen molar-refractivity contribution < 1.29 is 0 Å². The van der Waals surface area contributed by atoms with Crippen LogP contribution in [0.3, 0.4) is 0 Å². The maximum absolute atomic E-state index is 6.08. The van der Waals surface area contributed by atoms with Gasteiger partial charge in [0.15, 0.2) is 0 Å². The van der Waals surface area contributed by atoms with E-state index < -0.39 is 0 Å². The van der Waals surface area contributed by atoms with Crippen LogP contribution in [-0.2, 0) is 6.42 Å². The van der Waals surface area contributed by atoms with Crippen LogP contribution in [0.4, 0.5) is 5.69 Å². The van der Waals surface area contributed by atoms with E-state index in [1.165, 1.54) is 15.7 Å². The fraction of sp³-hybridized carbons (Fsp3) is 0.600. The number of anilines is 1. The first-order valence-corrected chi connectivity index (χ1v) is 7.65. The molecule has 0 spiro atoms. The average Bonchev–Trinajstić information content (AvgIpc) is 2.29. The summed E-state index contributed by atoms with van der Waals surface area (Å²) < 4.78 is 1.18. The first-order valence-electron chi connectivity index (χ1n) is 6.86. The van der Waals surface area contributed by atoms with Crippen molar-refractivity contribution in [3.63, 3.8) is 0 Å². The van der Waals surface area contributed by atoms with Crippen molar-refractivity contribution in [3.8, 4) is 0 Å². The summed E-state index contributed by atoms with van der Waals surface area (Å²) >= 11 is 3.71. The maximum atomic E-state index is 6.08. The van der Waals surface area contributed by atoms with Gasteiger partial charge < -0.3 is 15.5 Å². The Kier molecular flexibility index (Phi) is 4.54. The summed E-state index contributed by atoms with van der Waals surface area (Å²) in [6.45, 7) is 8.58. The Morgan fingerprint density at radius 1 is 1.21 bits per heavy atom. The molecule has 1 aliphatic heterocycles. The highest BCUT2D eigenvalue weighted by Gasteiger charge is 2.17. The molecule has 1 aromatic rings. The molecule has 3 nitrogen and oxygen atoms in total. The lowest BCUT2D eigenvalue weighted by molar-refractivity contribution is 0.312. The second-order valence-corrected chi connectivity index (χ2v) is 7.10. The van der Waals surface area contributed by atoms with Crippen molar-refractivity contribution in [3.05, 3.63) is 28.2 Å². The Morgan fingerprint density at radius 2 is 1.84 bits per heavy atom. The summed E-state index contributed by atoms with van der Waals surface area (Å²) in [7, 11) is 2.18. The van der Waals surface area contributed by atoms with Crippen molar-refractivity contribution in [1.29, 1.82) is 0 Å². The highest BCUT2D eigenvalue weighted by molar-refractivity contribution is 9.10. The van der Waals surface area contributed by atoms with Crippen molar-refractivity contribution in [1.82, 2.24) is 4.90 Å². The molecule has 1 fully saturated rings. The lowest BCUT2D eigenvalue weighted by Crippen LogP contribution is -2.44. The van der Waals surface area contributed by atoms with Crippen LogP contribution in [0.2, 0.25) is 0 Å². The smallest absolute Gasteiger partial charge is 0.0511 e. The zero-order chi connectivity index (χ0) is 14.0. The molecule has 1 aliphatic rings. The zero-order valence-electron chi connectivity index (χ0n) is 12.1. The van der Waals surface area contributed by atoms with E-state index in [1.54, 1.807) is 0 Å². The molecule has 0 amide bonds. The van der Waals surface area contributed by atoms with Gasteiger partial charge in [-0.2, -0.15) is 0 Å². The van der Waals surface area contributed by atoms with Gasteiger partial charge in [0.1, 0.15) is 0 Å². The number of rotatable bonds is 3. The van der Waals surface area contributed by atoms with Gasteiger partial charge in [-0.05, 0) is 60.9 Å². The van der Waals surface area contributed by atoms with Crippen LogP contribution in [-0.4, -0.2) is 43.7 Å². The molecule has 0 aliphatic carbocycles. The van der Waals surface area contributed by atoms with Crippen molar-refractivity contribution in [2.75, 3.05) is 38.1 Å². The summed E-state index contributed by atoms with van der Waals surface area (Å²) in [5, 5.41) is 0. The van der Waals surface area contributed by atoms with E-state index in [9.17, 15) is 0 Å². The van der Waals surface area contributed by atoms with Crippen molar-refractivity contribution in [2.24, 2.45) is 5.73 Å². The number of likely N-dealkylation sites (N-methyl/N-ethyl adjacent to an activating group) is 1. The number of nitrogens with two attached hydrogens (primary N) is 1. The third kappa shape index (κ3) is 4.20. The van der Waals surface area contributed by atoms with Crippen molar-refractivity contribution in [2.45, 2.75) is 25.8 Å². The number of halogens is 1. The molecule has 0 atom stereocenters. The largest absolute Gasteiger partial charge is 0.368 e. The predicted molar refractivity (Wildman–Crippen MR) is 85.8 cm³/mol. The molecular weight excluding hydrogens is 302 g/mol. The lowest BCUT2D eigenvalue weighted by Gasteiger charge is -2.34. The van der Waals surface area contributed by atoms with E-state index in [2.05, 4.69) is 64.8 Å². The minimum Gasteiger partial charge on any atom is -0.368 e. The van der Waals surface area contributed by atoms with E-state index in [4.69, 9.17) is 5.73 Å². The molecule has 0 radical (unpaired) electrons. The number of nitrogens with zero attached hydrogens (tertiary/aromatic N) is 2. The minimum absolute atomic E-state index is 0.158. The van der Waals surface area contributed by atoms with Gasteiger partial charge in [-0.3, -0.25) is 0 Å². The molecule has 19 heavy (non-hydrogen) atoms. The molecule has 1 saturated heterocycles. The van der Waals surface area contributed by atoms with Gasteiger partial charge in [-0.1, -0.05) is 6.07 Å². The number of hydrogen-bond donors (Lipinski definition) is 1. The third-order valence-electron chi connectivity index (χ3n) is 3.52. The third-order valence-corrected chi connectivity index (χ3v) is 4.15. The monoisotopic (exact) mass is 325 g/mol. The van der Waals surface area contributed by atoms with Crippen LogP contribution in [0.25, 0.3) is 0 Å². The van der Waals surface area contributed by atoms with Crippen LogP contribution < -0.4 is 10.6 Å². The van der Waals surface area contributed by atoms with Gasteiger partial charge in [0, 0.05) is 36.2 Å². The maximum Gasteiger partial charge on any atom is 0.0511 e. The van der Waals surface area contributed by atoms with Crippen LogP contribution >= 0.6 is 15.9 Å². The van der Waals surface area contributed by atoms with Crippen LogP contribution in [0.15, 0.2) is 22.7 Å². The van der Waals surface area contributed by atoms with E-state index in [0.717, 1.165) is 32.6 Å². The molecule has 4 heteroatoms. The summed E-state index contributed by atoms with van der Waals surface area (Å²) in [6.07, 6.45) is 0.897. The Morgan fingerprint density at radius 3 is 2.37 bits per heavy atom. The molecule has 0 aromatic heterocycles. The van der Waals surface area contributed by atoms with Gasteiger partial charge in [0.05, 0.1) is 5.69 Å². The summed E-state index contributed by atoms with van der Waals surface area (Å²) in [4.78, 5) is 4.82. The van der Waals surface area contributed by atoms with E-state index in [0.29, 0.717) is 0 Å². The van der Waals surface area contributed by atoms with Gasteiger partial charge in [-0.25, -0.2) is 0 Å². The van der Waals surface area contributed by atoms with Gasteiger partial charge in [0.2, 0.25) is 0 Å². The number of hydrogen-bond acceptors (Lipinski definition) is 3. The second kappa shape index (κ2) is 5.81. The molecule has 2 N–H and O–H groups in total. The Bertz CT molecular complexity index is 432. The highest BCUT2D eigenvalue weighted by atomic mass is 79.9. The van der Waals surface area contributed by atoms with Crippen LogP contribution in [0.5, 0.6) is 0 Å². The lowest BCUT2D eigenvalue weighted by atomic mass is 9.96. The molecule has 1 aromatic carbocycles. The van der Waals surface area contributed by atoms with Gasteiger partial charge >= 0.3 is 0 Å². The SMILES string of the molecule is CN1CCN(c2ccc(CC(C)(C)N)cc2Br)CC1. The first kappa shape index (κ1) is 14.8. The van der Waals surface area contributed by atoms with Crippen LogP contribution in [0, 0.1) is 0 Å². The van der Waals surface area contributed by atoms with E-state index in [-0.39, 0.29) is 5.54 Å².